The Labute approximate surface area is 105 Å². The van der Waals surface area contributed by atoms with E-state index in [0.717, 1.165) is 24.8 Å². The number of carbonyl (C=O) groups excluding carboxylic acids is 1. The third kappa shape index (κ3) is 3.70. The average Bonchev–Trinajstić information content (AvgIpc) is 2.39. The van der Waals surface area contributed by atoms with Gasteiger partial charge in [0.05, 0.1) is 6.04 Å². The van der Waals surface area contributed by atoms with Gasteiger partial charge >= 0.3 is 0 Å². The van der Waals surface area contributed by atoms with E-state index in [1.165, 1.54) is 44.9 Å². The first-order chi connectivity index (χ1) is 8.29. The molecule has 2 aliphatic rings. The quantitative estimate of drug-likeness (QED) is 0.790. The van der Waals surface area contributed by atoms with E-state index in [9.17, 15) is 4.79 Å². The van der Waals surface area contributed by atoms with Crippen LogP contribution in [0.15, 0.2) is 0 Å². The van der Waals surface area contributed by atoms with Gasteiger partial charge in [0.1, 0.15) is 0 Å². The van der Waals surface area contributed by atoms with Crippen molar-refractivity contribution in [3.05, 3.63) is 0 Å². The molecule has 17 heavy (non-hydrogen) atoms. The van der Waals surface area contributed by atoms with Crippen LogP contribution in [0, 0.1) is 11.8 Å². The summed E-state index contributed by atoms with van der Waals surface area (Å²) in [5, 5.41) is 6.08. The van der Waals surface area contributed by atoms with Crippen LogP contribution in [0.25, 0.3) is 0 Å². The normalized spacial score (nSPS) is 31.1. The van der Waals surface area contributed by atoms with E-state index in [0.29, 0.717) is 0 Å². The molecule has 98 valence electrons. The summed E-state index contributed by atoms with van der Waals surface area (Å²) in [6, 6.07) is 0.0577. The van der Waals surface area contributed by atoms with Crippen molar-refractivity contribution in [2.24, 2.45) is 11.8 Å². The van der Waals surface area contributed by atoms with E-state index < -0.39 is 0 Å². The SMILES string of the molecule is CNC(=O)C1CC(CC2CCCCC2)CCN1. The molecule has 1 aliphatic heterocycles. The minimum absolute atomic E-state index is 0.0577. The van der Waals surface area contributed by atoms with Gasteiger partial charge in [0.2, 0.25) is 5.91 Å². The van der Waals surface area contributed by atoms with Gasteiger partial charge in [0.25, 0.3) is 0 Å². The molecule has 0 spiro atoms. The number of rotatable bonds is 3. The molecule has 3 heteroatoms. The van der Waals surface area contributed by atoms with Crippen molar-refractivity contribution in [2.75, 3.05) is 13.6 Å². The highest BCUT2D eigenvalue weighted by Gasteiger charge is 2.28. The summed E-state index contributed by atoms with van der Waals surface area (Å²) in [7, 11) is 1.73. The van der Waals surface area contributed by atoms with Crippen LogP contribution in [0.3, 0.4) is 0 Å². The first-order valence-corrected chi connectivity index (χ1v) is 7.24. The topological polar surface area (TPSA) is 41.1 Å². The Bertz CT molecular complexity index is 249. The van der Waals surface area contributed by atoms with Gasteiger partial charge < -0.3 is 10.6 Å². The minimum atomic E-state index is 0.0577. The van der Waals surface area contributed by atoms with Crippen molar-refractivity contribution in [3.8, 4) is 0 Å². The summed E-state index contributed by atoms with van der Waals surface area (Å²) in [5.74, 6) is 1.87. The number of likely N-dealkylation sites (N-methyl/N-ethyl adjacent to an activating group) is 1. The molecular formula is C14H26N2O. The van der Waals surface area contributed by atoms with Gasteiger partial charge in [-0.2, -0.15) is 0 Å². The Hall–Kier alpha value is -0.570. The Balaban J connectivity index is 1.78. The summed E-state index contributed by atoms with van der Waals surface area (Å²) in [6.07, 6.45) is 10.8. The molecule has 0 aromatic carbocycles. The molecule has 1 saturated heterocycles. The lowest BCUT2D eigenvalue weighted by Gasteiger charge is -2.32. The molecule has 1 amide bonds. The first kappa shape index (κ1) is 12.9. The third-order valence-electron chi connectivity index (χ3n) is 4.47. The minimum Gasteiger partial charge on any atom is -0.358 e. The second kappa shape index (κ2) is 6.39. The fourth-order valence-electron chi connectivity index (χ4n) is 3.48. The maximum Gasteiger partial charge on any atom is 0.236 e. The number of hydrogen-bond acceptors (Lipinski definition) is 2. The molecule has 2 atom stereocenters. The van der Waals surface area contributed by atoms with Gasteiger partial charge in [-0.1, -0.05) is 32.1 Å². The van der Waals surface area contributed by atoms with Crippen molar-refractivity contribution in [2.45, 2.75) is 57.4 Å². The lowest BCUT2D eigenvalue weighted by Crippen LogP contribution is -2.48. The van der Waals surface area contributed by atoms with Crippen molar-refractivity contribution >= 4 is 5.91 Å². The maximum atomic E-state index is 11.6. The van der Waals surface area contributed by atoms with E-state index in [-0.39, 0.29) is 11.9 Å². The summed E-state index contributed by atoms with van der Waals surface area (Å²) in [5.41, 5.74) is 0. The van der Waals surface area contributed by atoms with Gasteiger partial charge in [-0.3, -0.25) is 4.79 Å². The van der Waals surface area contributed by atoms with Gasteiger partial charge in [0, 0.05) is 7.05 Å². The molecule has 2 N–H and O–H groups in total. The zero-order valence-corrected chi connectivity index (χ0v) is 11.0. The summed E-state index contributed by atoms with van der Waals surface area (Å²) >= 11 is 0. The molecule has 2 fully saturated rings. The highest BCUT2D eigenvalue weighted by Crippen LogP contribution is 2.32. The van der Waals surface area contributed by atoms with E-state index in [4.69, 9.17) is 0 Å². The zero-order chi connectivity index (χ0) is 12.1. The zero-order valence-electron chi connectivity index (χ0n) is 11.0. The predicted molar refractivity (Wildman–Crippen MR) is 69.8 cm³/mol. The number of amides is 1. The van der Waals surface area contributed by atoms with Crippen LogP contribution in [0.1, 0.15) is 51.4 Å². The number of hydrogen-bond donors (Lipinski definition) is 2. The highest BCUT2D eigenvalue weighted by atomic mass is 16.2. The van der Waals surface area contributed by atoms with E-state index in [2.05, 4.69) is 10.6 Å². The number of carbonyl (C=O) groups is 1. The van der Waals surface area contributed by atoms with E-state index in [1.54, 1.807) is 7.05 Å². The molecule has 1 saturated carbocycles. The Morgan fingerprint density at radius 1 is 1.18 bits per heavy atom. The van der Waals surface area contributed by atoms with Crippen LogP contribution in [0.2, 0.25) is 0 Å². The van der Waals surface area contributed by atoms with Crippen LogP contribution in [-0.2, 0) is 4.79 Å². The Morgan fingerprint density at radius 2 is 1.94 bits per heavy atom. The largest absolute Gasteiger partial charge is 0.358 e. The van der Waals surface area contributed by atoms with E-state index in [1.807, 2.05) is 0 Å². The van der Waals surface area contributed by atoms with Gasteiger partial charge in [-0.15, -0.1) is 0 Å². The first-order valence-electron chi connectivity index (χ1n) is 7.24. The third-order valence-corrected chi connectivity index (χ3v) is 4.47. The Kier molecular flexibility index (Phi) is 4.84. The number of nitrogens with one attached hydrogen (secondary N) is 2. The molecule has 2 unspecified atom stereocenters. The fourth-order valence-corrected chi connectivity index (χ4v) is 3.48. The van der Waals surface area contributed by atoms with Crippen molar-refractivity contribution in [1.82, 2.24) is 10.6 Å². The van der Waals surface area contributed by atoms with Crippen LogP contribution in [-0.4, -0.2) is 25.5 Å². The van der Waals surface area contributed by atoms with Gasteiger partial charge in [-0.05, 0) is 37.6 Å². The molecule has 1 aliphatic carbocycles. The van der Waals surface area contributed by atoms with E-state index >= 15 is 0 Å². The van der Waals surface area contributed by atoms with Crippen LogP contribution >= 0.6 is 0 Å². The second-order valence-electron chi connectivity index (χ2n) is 5.75. The second-order valence-corrected chi connectivity index (χ2v) is 5.75. The summed E-state index contributed by atoms with van der Waals surface area (Å²) < 4.78 is 0. The monoisotopic (exact) mass is 238 g/mol. The van der Waals surface area contributed by atoms with Crippen molar-refractivity contribution in [3.63, 3.8) is 0 Å². The van der Waals surface area contributed by atoms with Crippen LogP contribution < -0.4 is 10.6 Å². The standard InChI is InChI=1S/C14H26N2O/c1-15-14(17)13-10-12(7-8-16-13)9-11-5-3-2-4-6-11/h11-13,16H,2-10H2,1H3,(H,15,17). The van der Waals surface area contributed by atoms with Gasteiger partial charge in [-0.25, -0.2) is 0 Å². The average molecular weight is 238 g/mol. The lowest BCUT2D eigenvalue weighted by atomic mass is 9.78. The molecular weight excluding hydrogens is 212 g/mol. The van der Waals surface area contributed by atoms with Crippen LogP contribution in [0.5, 0.6) is 0 Å². The van der Waals surface area contributed by atoms with Crippen molar-refractivity contribution in [1.29, 1.82) is 0 Å². The predicted octanol–water partition coefficient (Wildman–Crippen LogP) is 2.07. The number of piperidine rings is 1. The summed E-state index contributed by atoms with van der Waals surface area (Å²) in [6.45, 7) is 1.01. The van der Waals surface area contributed by atoms with Crippen LogP contribution in [0.4, 0.5) is 0 Å². The van der Waals surface area contributed by atoms with Crippen molar-refractivity contribution < 1.29 is 4.79 Å². The van der Waals surface area contributed by atoms with Gasteiger partial charge in [0.15, 0.2) is 0 Å². The molecule has 1 heterocycles. The highest BCUT2D eigenvalue weighted by molar-refractivity contribution is 5.81. The summed E-state index contributed by atoms with van der Waals surface area (Å²) in [4.78, 5) is 11.6. The lowest BCUT2D eigenvalue weighted by molar-refractivity contribution is -0.123. The Morgan fingerprint density at radius 3 is 2.65 bits per heavy atom. The molecule has 2 rings (SSSR count). The maximum absolute atomic E-state index is 11.6. The molecule has 0 bridgehead atoms. The molecule has 3 nitrogen and oxygen atoms in total. The smallest absolute Gasteiger partial charge is 0.236 e. The fraction of sp³-hybridized carbons (Fsp3) is 0.929. The molecule has 0 aromatic heterocycles. The molecule has 0 aromatic rings. The molecule has 0 radical (unpaired) electrons.